The molecule has 0 aliphatic rings. The number of benzene rings is 2. The van der Waals surface area contributed by atoms with Crippen LogP contribution in [0.25, 0.3) is 0 Å². The standard InChI is InChI=1S/C25H34ClN3O5S/c1-17-8-10-19(11-9-17)15-28(18(2)24(31)27-25(3,4)5)23(30)16-29(35(7,32)33)20-12-13-22(34-6)21(26)14-20/h8-14,18H,15-16H2,1-7H3,(H,27,31)/t18-/m0/s1. The number of aryl methyl sites for hydroxylation is 1. The monoisotopic (exact) mass is 523 g/mol. The summed E-state index contributed by atoms with van der Waals surface area (Å²) in [6.07, 6.45) is 1.01. The Morgan fingerprint density at radius 2 is 1.71 bits per heavy atom. The van der Waals surface area contributed by atoms with Gasteiger partial charge in [-0.2, -0.15) is 0 Å². The minimum atomic E-state index is -3.85. The van der Waals surface area contributed by atoms with E-state index in [0.717, 1.165) is 21.7 Å². The molecule has 0 aliphatic heterocycles. The van der Waals surface area contributed by atoms with Gasteiger partial charge in [0, 0.05) is 12.1 Å². The number of sulfonamides is 1. The number of nitrogens with zero attached hydrogens (tertiary/aromatic N) is 2. The molecule has 8 nitrogen and oxygen atoms in total. The Balaban J connectivity index is 2.42. The molecule has 0 unspecified atom stereocenters. The van der Waals surface area contributed by atoms with Crippen LogP contribution in [-0.4, -0.2) is 56.6 Å². The molecular formula is C25H34ClN3O5S. The van der Waals surface area contributed by atoms with E-state index in [2.05, 4.69) is 5.32 Å². The number of methoxy groups -OCH3 is 1. The van der Waals surface area contributed by atoms with E-state index in [1.54, 1.807) is 6.92 Å². The summed E-state index contributed by atoms with van der Waals surface area (Å²) in [5.74, 6) is -0.487. The molecular weight excluding hydrogens is 490 g/mol. The van der Waals surface area contributed by atoms with E-state index in [4.69, 9.17) is 16.3 Å². The number of amides is 2. The number of anilines is 1. The first-order valence-corrected chi connectivity index (χ1v) is 13.3. The van der Waals surface area contributed by atoms with Crippen molar-refractivity contribution < 1.29 is 22.7 Å². The predicted molar refractivity (Wildman–Crippen MR) is 139 cm³/mol. The summed E-state index contributed by atoms with van der Waals surface area (Å²) < 4.78 is 31.4. The molecule has 0 spiro atoms. The van der Waals surface area contributed by atoms with Crippen LogP contribution < -0.4 is 14.4 Å². The van der Waals surface area contributed by atoms with Gasteiger partial charge in [-0.05, 0) is 58.4 Å². The lowest BCUT2D eigenvalue weighted by molar-refractivity contribution is -0.140. The van der Waals surface area contributed by atoms with Crippen LogP contribution in [0, 0.1) is 6.92 Å². The summed E-state index contributed by atoms with van der Waals surface area (Å²) in [5.41, 5.74) is 1.60. The molecule has 0 saturated heterocycles. The van der Waals surface area contributed by atoms with E-state index in [1.165, 1.54) is 30.2 Å². The lowest BCUT2D eigenvalue weighted by atomic mass is 10.1. The smallest absolute Gasteiger partial charge is 0.244 e. The van der Waals surface area contributed by atoms with Crippen LogP contribution in [-0.2, 0) is 26.2 Å². The number of hydrogen-bond donors (Lipinski definition) is 1. The van der Waals surface area contributed by atoms with Crippen molar-refractivity contribution in [1.82, 2.24) is 10.2 Å². The number of carbonyl (C=O) groups excluding carboxylic acids is 2. The molecule has 0 aliphatic carbocycles. The molecule has 0 fully saturated rings. The van der Waals surface area contributed by atoms with Gasteiger partial charge >= 0.3 is 0 Å². The summed E-state index contributed by atoms with van der Waals surface area (Å²) in [6.45, 7) is 8.77. The number of ether oxygens (including phenoxy) is 1. The zero-order valence-electron chi connectivity index (χ0n) is 21.3. The average Bonchev–Trinajstić information content (AvgIpc) is 2.74. The fraction of sp³-hybridized carbons (Fsp3) is 0.440. The van der Waals surface area contributed by atoms with Crippen LogP contribution in [0.15, 0.2) is 42.5 Å². The third kappa shape index (κ3) is 8.14. The summed E-state index contributed by atoms with van der Waals surface area (Å²) in [7, 11) is -2.40. The van der Waals surface area contributed by atoms with E-state index in [1.807, 2.05) is 52.0 Å². The summed E-state index contributed by atoms with van der Waals surface area (Å²) in [4.78, 5) is 27.9. The first kappa shape index (κ1) is 28.5. The first-order chi connectivity index (χ1) is 16.1. The number of hydrogen-bond acceptors (Lipinski definition) is 5. The molecule has 2 amide bonds. The van der Waals surface area contributed by atoms with Gasteiger partial charge in [0.15, 0.2) is 0 Å². The Bertz CT molecular complexity index is 1160. The molecule has 2 aromatic rings. The van der Waals surface area contributed by atoms with Gasteiger partial charge < -0.3 is 15.0 Å². The highest BCUT2D eigenvalue weighted by Gasteiger charge is 2.31. The van der Waals surface area contributed by atoms with Gasteiger partial charge in [-0.1, -0.05) is 41.4 Å². The summed E-state index contributed by atoms with van der Waals surface area (Å²) in [6, 6.07) is 11.2. The summed E-state index contributed by atoms with van der Waals surface area (Å²) in [5, 5.41) is 3.10. The number of rotatable bonds is 9. The Kier molecular flexibility index (Phi) is 9.19. The Morgan fingerprint density at radius 3 is 2.20 bits per heavy atom. The van der Waals surface area contributed by atoms with Crippen molar-refractivity contribution in [1.29, 1.82) is 0 Å². The van der Waals surface area contributed by atoms with Crippen LogP contribution in [0.5, 0.6) is 5.75 Å². The highest BCUT2D eigenvalue weighted by atomic mass is 35.5. The molecule has 1 atom stereocenters. The van der Waals surface area contributed by atoms with Crippen LogP contribution in [0.4, 0.5) is 5.69 Å². The normalized spacial score (nSPS) is 12.6. The van der Waals surface area contributed by atoms with Crippen molar-refractivity contribution >= 4 is 39.1 Å². The molecule has 0 aromatic heterocycles. The summed E-state index contributed by atoms with van der Waals surface area (Å²) >= 11 is 6.20. The molecule has 0 radical (unpaired) electrons. The largest absolute Gasteiger partial charge is 0.495 e. The van der Waals surface area contributed by atoms with Crippen molar-refractivity contribution in [2.24, 2.45) is 0 Å². The van der Waals surface area contributed by atoms with Crippen LogP contribution in [0.2, 0.25) is 5.02 Å². The lowest BCUT2D eigenvalue weighted by Gasteiger charge is -2.33. The van der Waals surface area contributed by atoms with Gasteiger partial charge in [-0.15, -0.1) is 0 Å². The number of nitrogens with one attached hydrogen (secondary N) is 1. The maximum Gasteiger partial charge on any atom is 0.244 e. The highest BCUT2D eigenvalue weighted by molar-refractivity contribution is 7.92. The fourth-order valence-corrected chi connectivity index (χ4v) is 4.46. The topological polar surface area (TPSA) is 96.0 Å². The van der Waals surface area contributed by atoms with Crippen LogP contribution in [0.1, 0.15) is 38.8 Å². The lowest BCUT2D eigenvalue weighted by Crippen LogP contribution is -2.54. The second-order valence-electron chi connectivity index (χ2n) is 9.51. The van der Waals surface area contributed by atoms with Gasteiger partial charge in [0.2, 0.25) is 21.8 Å². The fourth-order valence-electron chi connectivity index (χ4n) is 3.37. The van der Waals surface area contributed by atoms with Gasteiger partial charge in [0.05, 0.1) is 24.1 Å². The van der Waals surface area contributed by atoms with E-state index < -0.39 is 34.1 Å². The van der Waals surface area contributed by atoms with Crippen molar-refractivity contribution in [3.05, 3.63) is 58.6 Å². The van der Waals surface area contributed by atoms with Gasteiger partial charge in [-0.3, -0.25) is 13.9 Å². The molecule has 0 saturated carbocycles. The second kappa shape index (κ2) is 11.3. The number of carbonyl (C=O) groups is 2. The molecule has 2 aromatic carbocycles. The van der Waals surface area contributed by atoms with E-state index in [-0.39, 0.29) is 23.2 Å². The first-order valence-electron chi connectivity index (χ1n) is 11.1. The van der Waals surface area contributed by atoms with Crippen LogP contribution in [0.3, 0.4) is 0 Å². The van der Waals surface area contributed by atoms with Crippen molar-refractivity contribution in [3.8, 4) is 5.75 Å². The minimum Gasteiger partial charge on any atom is -0.495 e. The predicted octanol–water partition coefficient (Wildman–Crippen LogP) is 3.76. The van der Waals surface area contributed by atoms with Crippen molar-refractivity contribution in [2.45, 2.75) is 52.7 Å². The van der Waals surface area contributed by atoms with Gasteiger partial charge in [0.25, 0.3) is 0 Å². The SMILES string of the molecule is COc1ccc(N(CC(=O)N(Cc2ccc(C)cc2)[C@@H](C)C(=O)NC(C)(C)C)S(C)(=O)=O)cc1Cl. The van der Waals surface area contributed by atoms with Crippen molar-refractivity contribution in [2.75, 3.05) is 24.2 Å². The molecule has 1 N–H and O–H groups in total. The highest BCUT2D eigenvalue weighted by Crippen LogP contribution is 2.30. The van der Waals surface area contributed by atoms with Gasteiger partial charge in [0.1, 0.15) is 18.3 Å². The van der Waals surface area contributed by atoms with E-state index in [0.29, 0.717) is 5.75 Å². The molecule has 192 valence electrons. The zero-order chi connectivity index (χ0) is 26.6. The Hall–Kier alpha value is -2.78. The molecule has 0 bridgehead atoms. The van der Waals surface area contributed by atoms with Crippen LogP contribution >= 0.6 is 11.6 Å². The average molecular weight is 524 g/mol. The third-order valence-corrected chi connectivity index (χ3v) is 6.68. The quantitative estimate of drug-likeness (QED) is 0.540. The molecule has 2 rings (SSSR count). The number of halogens is 1. The molecule has 10 heteroatoms. The Labute approximate surface area is 213 Å². The van der Waals surface area contributed by atoms with Crippen molar-refractivity contribution in [3.63, 3.8) is 0 Å². The Morgan fingerprint density at radius 1 is 1.11 bits per heavy atom. The maximum absolute atomic E-state index is 13.5. The van der Waals surface area contributed by atoms with E-state index >= 15 is 0 Å². The van der Waals surface area contributed by atoms with E-state index in [9.17, 15) is 18.0 Å². The second-order valence-corrected chi connectivity index (χ2v) is 11.8. The third-order valence-electron chi connectivity index (χ3n) is 5.24. The minimum absolute atomic E-state index is 0.138. The molecule has 0 heterocycles. The zero-order valence-corrected chi connectivity index (χ0v) is 22.8. The maximum atomic E-state index is 13.5. The molecule has 35 heavy (non-hydrogen) atoms. The van der Waals surface area contributed by atoms with Gasteiger partial charge in [-0.25, -0.2) is 8.42 Å².